The van der Waals surface area contributed by atoms with Gasteiger partial charge in [-0.1, -0.05) is 153 Å². The number of pyridine rings is 2. The lowest BCUT2D eigenvalue weighted by molar-refractivity contribution is 0.446. The van der Waals surface area contributed by atoms with Crippen LogP contribution in [0.3, 0.4) is 0 Å². The number of phenols is 1. The van der Waals surface area contributed by atoms with Crippen molar-refractivity contribution in [2.75, 3.05) is 0 Å². The summed E-state index contributed by atoms with van der Waals surface area (Å²) in [5, 5.41) is 14.6. The molecular weight excluding hydrogens is 683 g/mol. The minimum atomic E-state index is -0.300. The fourth-order valence-electron chi connectivity index (χ4n) is 7.82. The highest BCUT2D eigenvalue weighted by Crippen LogP contribution is 2.47. The van der Waals surface area contributed by atoms with Crippen LogP contribution < -0.4 is 0 Å². The zero-order chi connectivity index (χ0) is 39.6. The summed E-state index contributed by atoms with van der Waals surface area (Å²) in [6.07, 6.45) is 4.02. The molecule has 0 radical (unpaired) electrons. The molecule has 0 spiro atoms. The second kappa shape index (κ2) is 13.6. The SMILES string of the molecule is CC(C)(C)c1cc(-c2nccc3ccccc23)cc(-c2cccn3c(-c4ccccc4-c4ccccc4)c(-c4cc(C(C)(C)C)cc(C(C)(C)C)c4O)nc23)c1. The summed E-state index contributed by atoms with van der Waals surface area (Å²) in [4.78, 5) is 10.6. The first-order chi connectivity index (χ1) is 26.6. The van der Waals surface area contributed by atoms with Gasteiger partial charge in [-0.05, 0) is 85.8 Å². The number of hydrogen-bond acceptors (Lipinski definition) is 3. The van der Waals surface area contributed by atoms with E-state index in [-0.39, 0.29) is 22.0 Å². The Balaban J connectivity index is 1.48. The second-order valence-corrected chi connectivity index (χ2v) is 18.2. The summed E-state index contributed by atoms with van der Waals surface area (Å²) in [6.45, 7) is 20.0. The van der Waals surface area contributed by atoms with Gasteiger partial charge >= 0.3 is 0 Å². The highest BCUT2D eigenvalue weighted by atomic mass is 16.3. The fourth-order valence-corrected chi connectivity index (χ4v) is 7.82. The van der Waals surface area contributed by atoms with Gasteiger partial charge in [0.1, 0.15) is 17.1 Å². The second-order valence-electron chi connectivity index (χ2n) is 18.2. The topological polar surface area (TPSA) is 50.4 Å². The number of rotatable bonds is 5. The predicted molar refractivity (Wildman–Crippen MR) is 235 cm³/mol. The maximum atomic E-state index is 12.4. The molecule has 4 heteroatoms. The fraction of sp³-hybridized carbons (Fsp3) is 0.231. The van der Waals surface area contributed by atoms with Crippen molar-refractivity contribution < 1.29 is 5.11 Å². The molecule has 56 heavy (non-hydrogen) atoms. The molecular formula is C52H51N3O. The Kier molecular flexibility index (Phi) is 9.00. The lowest BCUT2D eigenvalue weighted by atomic mass is 9.78. The molecule has 8 rings (SSSR count). The molecule has 0 bridgehead atoms. The number of imidazole rings is 1. The van der Waals surface area contributed by atoms with Gasteiger partial charge in [0.25, 0.3) is 0 Å². The molecule has 0 atom stereocenters. The Morgan fingerprint density at radius 2 is 1.12 bits per heavy atom. The Bertz CT molecular complexity index is 2750. The Hall–Kier alpha value is -6.00. The van der Waals surface area contributed by atoms with E-state index < -0.39 is 0 Å². The third-order valence-corrected chi connectivity index (χ3v) is 11.0. The number of aromatic nitrogens is 3. The van der Waals surface area contributed by atoms with Crippen LogP contribution in [0.5, 0.6) is 5.75 Å². The first-order valence-corrected chi connectivity index (χ1v) is 19.6. The van der Waals surface area contributed by atoms with Gasteiger partial charge in [0.05, 0.1) is 11.4 Å². The molecule has 0 aliphatic rings. The molecule has 4 nitrogen and oxygen atoms in total. The Morgan fingerprint density at radius 3 is 1.84 bits per heavy atom. The molecule has 0 aliphatic carbocycles. The Morgan fingerprint density at radius 1 is 0.500 bits per heavy atom. The van der Waals surface area contributed by atoms with E-state index in [9.17, 15) is 5.11 Å². The van der Waals surface area contributed by atoms with Crippen LogP contribution in [0.4, 0.5) is 0 Å². The number of benzene rings is 5. The first kappa shape index (κ1) is 36.9. The molecule has 0 saturated heterocycles. The van der Waals surface area contributed by atoms with Crippen LogP contribution in [0.15, 0.2) is 140 Å². The Labute approximate surface area is 331 Å². The maximum absolute atomic E-state index is 12.4. The van der Waals surface area contributed by atoms with Crippen molar-refractivity contribution in [1.82, 2.24) is 14.4 Å². The standard InChI is InChI=1S/C52H51N3O/c1-50(2,3)37-29-35(28-36(30-37)45-40-22-14-13-20-34(40)25-26-53-45)41-24-17-27-55-47(42-23-16-15-21-39(42)33-18-11-10-12-19-33)46(54-49(41)55)43-31-38(51(4,5)6)32-44(48(43)56)52(7,8)9/h10-32,56H,1-9H3. The van der Waals surface area contributed by atoms with Crippen LogP contribution in [0.2, 0.25) is 0 Å². The molecule has 280 valence electrons. The van der Waals surface area contributed by atoms with Crippen LogP contribution in [-0.2, 0) is 16.2 Å². The van der Waals surface area contributed by atoms with E-state index in [2.05, 4.69) is 200 Å². The van der Waals surface area contributed by atoms with Gasteiger partial charge in [-0.3, -0.25) is 9.38 Å². The van der Waals surface area contributed by atoms with E-state index in [4.69, 9.17) is 9.97 Å². The number of hydrogen-bond donors (Lipinski definition) is 1. The smallest absolute Gasteiger partial charge is 0.145 e. The van der Waals surface area contributed by atoms with Crippen LogP contribution in [0, 0.1) is 0 Å². The van der Waals surface area contributed by atoms with Gasteiger partial charge in [-0.2, -0.15) is 0 Å². The van der Waals surface area contributed by atoms with Gasteiger partial charge in [0.2, 0.25) is 0 Å². The van der Waals surface area contributed by atoms with Gasteiger partial charge in [0, 0.05) is 45.6 Å². The van der Waals surface area contributed by atoms with Crippen molar-refractivity contribution in [2.24, 2.45) is 0 Å². The normalized spacial score (nSPS) is 12.4. The van der Waals surface area contributed by atoms with Crippen molar-refractivity contribution in [1.29, 1.82) is 0 Å². The average Bonchev–Trinajstić information content (AvgIpc) is 3.56. The van der Waals surface area contributed by atoms with Crippen molar-refractivity contribution in [3.63, 3.8) is 0 Å². The van der Waals surface area contributed by atoms with Crippen molar-refractivity contribution in [2.45, 2.75) is 78.6 Å². The number of nitrogens with zero attached hydrogens (tertiary/aromatic N) is 3. The molecule has 8 aromatic rings. The molecule has 0 fully saturated rings. The third kappa shape index (κ3) is 6.68. The average molecular weight is 734 g/mol. The van der Waals surface area contributed by atoms with E-state index >= 15 is 0 Å². The largest absolute Gasteiger partial charge is 0.507 e. The predicted octanol–water partition coefficient (Wildman–Crippen LogP) is 13.8. The van der Waals surface area contributed by atoms with Crippen molar-refractivity contribution in [3.8, 4) is 61.8 Å². The molecule has 1 N–H and O–H groups in total. The summed E-state index contributed by atoms with van der Waals surface area (Å²) >= 11 is 0. The van der Waals surface area contributed by atoms with Gasteiger partial charge in [-0.15, -0.1) is 0 Å². The first-order valence-electron chi connectivity index (χ1n) is 19.6. The zero-order valence-corrected chi connectivity index (χ0v) is 34.1. The molecule has 5 aromatic carbocycles. The molecule has 0 aliphatic heterocycles. The van der Waals surface area contributed by atoms with Crippen LogP contribution in [-0.4, -0.2) is 19.5 Å². The molecule has 0 unspecified atom stereocenters. The molecule has 3 heterocycles. The summed E-state index contributed by atoms with van der Waals surface area (Å²) < 4.78 is 2.23. The van der Waals surface area contributed by atoms with Gasteiger partial charge < -0.3 is 5.11 Å². The number of aromatic hydroxyl groups is 1. The minimum absolute atomic E-state index is 0.122. The highest BCUT2D eigenvalue weighted by Gasteiger charge is 2.30. The summed E-state index contributed by atoms with van der Waals surface area (Å²) in [5.74, 6) is 0.271. The number of fused-ring (bicyclic) bond motifs is 2. The van der Waals surface area contributed by atoms with E-state index in [1.54, 1.807) is 0 Å². The lowest BCUT2D eigenvalue weighted by Gasteiger charge is -2.27. The van der Waals surface area contributed by atoms with E-state index in [0.29, 0.717) is 0 Å². The lowest BCUT2D eigenvalue weighted by Crippen LogP contribution is -2.17. The monoisotopic (exact) mass is 733 g/mol. The van der Waals surface area contributed by atoms with E-state index in [0.717, 1.165) is 83.6 Å². The zero-order valence-electron chi connectivity index (χ0n) is 34.1. The van der Waals surface area contributed by atoms with Crippen molar-refractivity contribution >= 4 is 16.4 Å². The van der Waals surface area contributed by atoms with E-state index in [1.165, 1.54) is 5.56 Å². The molecule has 3 aromatic heterocycles. The van der Waals surface area contributed by atoms with Gasteiger partial charge in [-0.25, -0.2) is 4.98 Å². The summed E-state index contributed by atoms with van der Waals surface area (Å²) in [7, 11) is 0. The van der Waals surface area contributed by atoms with Crippen LogP contribution in [0.25, 0.3) is 72.4 Å². The quantitative estimate of drug-likeness (QED) is 0.192. The van der Waals surface area contributed by atoms with Crippen LogP contribution in [0.1, 0.15) is 79.0 Å². The third-order valence-electron chi connectivity index (χ3n) is 11.0. The van der Waals surface area contributed by atoms with E-state index in [1.807, 2.05) is 6.20 Å². The van der Waals surface area contributed by atoms with Crippen LogP contribution >= 0.6 is 0 Å². The summed E-state index contributed by atoms with van der Waals surface area (Å²) in [6, 6.07) is 45.1. The van der Waals surface area contributed by atoms with Crippen molar-refractivity contribution in [3.05, 3.63) is 156 Å². The highest BCUT2D eigenvalue weighted by molar-refractivity contribution is 5.97. The minimum Gasteiger partial charge on any atom is -0.507 e. The molecule has 0 saturated carbocycles. The van der Waals surface area contributed by atoms with Gasteiger partial charge in [0.15, 0.2) is 0 Å². The number of phenolic OH excluding ortho intramolecular Hbond substituents is 1. The maximum Gasteiger partial charge on any atom is 0.145 e. The summed E-state index contributed by atoms with van der Waals surface area (Å²) in [5.41, 5.74) is 13.3. The molecule has 0 amide bonds.